The second-order valence-corrected chi connectivity index (χ2v) is 4.40. The van der Waals surface area contributed by atoms with Gasteiger partial charge >= 0.3 is 0 Å². The summed E-state index contributed by atoms with van der Waals surface area (Å²) in [5, 5.41) is 19.4. The molecule has 0 radical (unpaired) electrons. The van der Waals surface area contributed by atoms with Crippen LogP contribution in [-0.4, -0.2) is 27.6 Å². The Balaban J connectivity index is 2.15. The molecule has 1 aromatic carbocycles. The van der Waals surface area contributed by atoms with E-state index < -0.39 is 0 Å². The first kappa shape index (κ1) is 9.51. The Morgan fingerprint density at radius 2 is 2.06 bits per heavy atom. The van der Waals surface area contributed by atoms with Crippen molar-refractivity contribution in [1.82, 2.24) is 4.90 Å². The van der Waals surface area contributed by atoms with Crippen molar-refractivity contribution < 1.29 is 15.0 Å². The molecule has 84 valence electrons. The van der Waals surface area contributed by atoms with Crippen molar-refractivity contribution >= 4 is 5.91 Å². The Bertz CT molecular complexity index is 470. The topological polar surface area (TPSA) is 60.8 Å². The summed E-state index contributed by atoms with van der Waals surface area (Å²) in [6.07, 6.45) is 2.04. The Labute approximate surface area is 93.1 Å². The van der Waals surface area contributed by atoms with Crippen molar-refractivity contribution in [2.75, 3.05) is 6.54 Å². The van der Waals surface area contributed by atoms with E-state index in [1.165, 1.54) is 6.07 Å². The summed E-state index contributed by atoms with van der Waals surface area (Å²) in [4.78, 5) is 13.4. The number of aromatic hydroxyl groups is 2. The highest BCUT2D eigenvalue weighted by Crippen LogP contribution is 2.45. The molecule has 2 N–H and O–H groups in total. The minimum Gasteiger partial charge on any atom is -0.504 e. The summed E-state index contributed by atoms with van der Waals surface area (Å²) in [6, 6.07) is 3.31. The lowest BCUT2D eigenvalue weighted by molar-refractivity contribution is -0.129. The summed E-state index contributed by atoms with van der Waals surface area (Å²) in [7, 11) is 0. The van der Waals surface area contributed by atoms with Crippen LogP contribution in [0.3, 0.4) is 0 Å². The monoisotopic (exact) mass is 219 g/mol. The van der Waals surface area contributed by atoms with Crippen LogP contribution in [0.1, 0.15) is 30.0 Å². The molecule has 3 rings (SSSR count). The van der Waals surface area contributed by atoms with Gasteiger partial charge in [-0.15, -0.1) is 0 Å². The van der Waals surface area contributed by atoms with Crippen LogP contribution in [0.2, 0.25) is 0 Å². The zero-order chi connectivity index (χ0) is 11.3. The molecule has 1 fully saturated rings. The smallest absolute Gasteiger partial charge is 0.223 e. The van der Waals surface area contributed by atoms with Gasteiger partial charge in [-0.25, -0.2) is 0 Å². The number of phenols is 2. The minimum atomic E-state index is -0.0973. The fraction of sp³-hybridized carbons (Fsp3) is 0.417. The maximum Gasteiger partial charge on any atom is 0.223 e. The van der Waals surface area contributed by atoms with Gasteiger partial charge in [-0.05, 0) is 24.5 Å². The lowest BCUT2D eigenvalue weighted by atomic mass is 9.91. The first-order chi connectivity index (χ1) is 7.68. The summed E-state index contributed by atoms with van der Waals surface area (Å²) >= 11 is 0. The molecule has 1 saturated heterocycles. The summed E-state index contributed by atoms with van der Waals surface area (Å²) < 4.78 is 0. The van der Waals surface area contributed by atoms with Crippen LogP contribution in [0.4, 0.5) is 0 Å². The van der Waals surface area contributed by atoms with E-state index in [0.29, 0.717) is 6.42 Å². The molecule has 0 aromatic heterocycles. The number of amides is 1. The van der Waals surface area contributed by atoms with E-state index in [4.69, 9.17) is 0 Å². The first-order valence-electron chi connectivity index (χ1n) is 5.51. The zero-order valence-electron chi connectivity index (χ0n) is 8.81. The molecule has 2 aliphatic rings. The van der Waals surface area contributed by atoms with Gasteiger partial charge < -0.3 is 15.1 Å². The third kappa shape index (κ3) is 1.13. The normalized spacial score (nSPS) is 23.1. The molecule has 1 unspecified atom stereocenters. The third-order valence-electron chi connectivity index (χ3n) is 3.57. The maximum absolute atomic E-state index is 11.6. The van der Waals surface area contributed by atoms with Crippen LogP contribution < -0.4 is 0 Å². The van der Waals surface area contributed by atoms with Crippen LogP contribution in [0.25, 0.3) is 0 Å². The van der Waals surface area contributed by atoms with Gasteiger partial charge in [0.05, 0.1) is 6.04 Å². The van der Waals surface area contributed by atoms with Gasteiger partial charge in [0, 0.05) is 18.5 Å². The maximum atomic E-state index is 11.6. The Kier molecular flexibility index (Phi) is 1.87. The molecule has 4 heteroatoms. The van der Waals surface area contributed by atoms with E-state index in [9.17, 15) is 15.0 Å². The van der Waals surface area contributed by atoms with Crippen LogP contribution in [0.15, 0.2) is 12.1 Å². The average molecular weight is 219 g/mol. The third-order valence-corrected chi connectivity index (χ3v) is 3.57. The van der Waals surface area contributed by atoms with Crippen molar-refractivity contribution in [3.05, 3.63) is 23.3 Å². The van der Waals surface area contributed by atoms with E-state index in [2.05, 4.69) is 0 Å². The van der Waals surface area contributed by atoms with Crippen LogP contribution in [0, 0.1) is 0 Å². The number of carbonyl (C=O) groups excluding carboxylic acids is 1. The molecule has 1 atom stereocenters. The highest BCUT2D eigenvalue weighted by Gasteiger charge is 2.38. The standard InChI is InChI=1S/C12H13NO3/c14-9-3-1-7-5-6-13-8(2-4-10(13)15)11(7)12(9)16/h1,3,8,14,16H,2,4-6H2. The fourth-order valence-corrected chi connectivity index (χ4v) is 2.78. The second-order valence-electron chi connectivity index (χ2n) is 4.40. The number of carbonyl (C=O) groups is 1. The SMILES string of the molecule is O=C1CCC2c3c(ccc(O)c3O)CCN12. The van der Waals surface area contributed by atoms with Gasteiger partial charge in [0.25, 0.3) is 0 Å². The molecule has 2 aliphatic heterocycles. The fourth-order valence-electron chi connectivity index (χ4n) is 2.78. The molecular weight excluding hydrogens is 206 g/mol. The van der Waals surface area contributed by atoms with E-state index in [1.807, 2.05) is 11.0 Å². The van der Waals surface area contributed by atoms with Crippen molar-refractivity contribution in [3.63, 3.8) is 0 Å². The quantitative estimate of drug-likeness (QED) is 0.647. The second kappa shape index (κ2) is 3.14. The largest absolute Gasteiger partial charge is 0.504 e. The number of phenolic OH excluding ortho intramolecular Hbond substituents is 2. The van der Waals surface area contributed by atoms with Crippen molar-refractivity contribution in [3.8, 4) is 11.5 Å². The van der Waals surface area contributed by atoms with E-state index in [1.54, 1.807) is 0 Å². The minimum absolute atomic E-state index is 0.0386. The van der Waals surface area contributed by atoms with Gasteiger partial charge in [-0.1, -0.05) is 6.07 Å². The number of fused-ring (bicyclic) bond motifs is 3. The number of benzene rings is 1. The van der Waals surface area contributed by atoms with Crippen LogP contribution in [-0.2, 0) is 11.2 Å². The van der Waals surface area contributed by atoms with Crippen LogP contribution in [0.5, 0.6) is 11.5 Å². The molecule has 16 heavy (non-hydrogen) atoms. The molecule has 1 amide bonds. The molecule has 2 heterocycles. The lowest BCUT2D eigenvalue weighted by Crippen LogP contribution is -2.34. The summed E-state index contributed by atoms with van der Waals surface area (Å²) in [6.45, 7) is 0.723. The van der Waals surface area contributed by atoms with Crippen molar-refractivity contribution in [2.45, 2.75) is 25.3 Å². The van der Waals surface area contributed by atoms with E-state index in [-0.39, 0.29) is 23.4 Å². The lowest BCUT2D eigenvalue weighted by Gasteiger charge is -2.32. The number of nitrogens with zero attached hydrogens (tertiary/aromatic N) is 1. The molecule has 0 bridgehead atoms. The number of hydrogen-bond donors (Lipinski definition) is 2. The van der Waals surface area contributed by atoms with Crippen molar-refractivity contribution in [1.29, 1.82) is 0 Å². The van der Waals surface area contributed by atoms with Gasteiger partial charge in [0.2, 0.25) is 5.91 Å². The van der Waals surface area contributed by atoms with Gasteiger partial charge in [-0.3, -0.25) is 4.79 Å². The Hall–Kier alpha value is -1.71. The highest BCUT2D eigenvalue weighted by atomic mass is 16.3. The van der Waals surface area contributed by atoms with Gasteiger partial charge in [0.1, 0.15) is 0 Å². The molecule has 1 aromatic rings. The van der Waals surface area contributed by atoms with Gasteiger partial charge in [0.15, 0.2) is 11.5 Å². The molecule has 0 spiro atoms. The Morgan fingerprint density at radius 3 is 2.88 bits per heavy atom. The molecule has 0 aliphatic carbocycles. The predicted octanol–water partition coefficient (Wildman–Crippen LogP) is 1.32. The first-order valence-corrected chi connectivity index (χ1v) is 5.51. The zero-order valence-corrected chi connectivity index (χ0v) is 8.81. The number of rotatable bonds is 0. The van der Waals surface area contributed by atoms with Gasteiger partial charge in [-0.2, -0.15) is 0 Å². The van der Waals surface area contributed by atoms with E-state index in [0.717, 1.165) is 30.5 Å². The molecular formula is C12H13NO3. The van der Waals surface area contributed by atoms with Crippen molar-refractivity contribution in [2.24, 2.45) is 0 Å². The highest BCUT2D eigenvalue weighted by molar-refractivity contribution is 5.80. The Morgan fingerprint density at radius 1 is 1.25 bits per heavy atom. The molecule has 0 saturated carbocycles. The number of hydrogen-bond acceptors (Lipinski definition) is 3. The molecule has 4 nitrogen and oxygen atoms in total. The predicted molar refractivity (Wildman–Crippen MR) is 57.2 cm³/mol. The summed E-state index contributed by atoms with van der Waals surface area (Å²) in [5.41, 5.74) is 1.79. The van der Waals surface area contributed by atoms with Crippen LogP contribution >= 0.6 is 0 Å². The average Bonchev–Trinajstić information content (AvgIpc) is 2.65. The van der Waals surface area contributed by atoms with E-state index >= 15 is 0 Å². The summed E-state index contributed by atoms with van der Waals surface area (Å²) in [5.74, 6) is 0.000224.